The molecule has 1 aliphatic heterocycles. The van der Waals surface area contributed by atoms with Gasteiger partial charge in [-0.2, -0.15) is 0 Å². The van der Waals surface area contributed by atoms with Gasteiger partial charge in [0.05, 0.1) is 12.0 Å². The molecule has 0 saturated carbocycles. The van der Waals surface area contributed by atoms with Crippen LogP contribution in [0.3, 0.4) is 0 Å². The Bertz CT molecular complexity index is 660. The van der Waals surface area contributed by atoms with Gasteiger partial charge in [0.1, 0.15) is 11.8 Å². The molecule has 2 aromatic rings. The molecule has 126 valence electrons. The van der Waals surface area contributed by atoms with Crippen molar-refractivity contribution in [3.8, 4) is 5.75 Å². The molecule has 24 heavy (non-hydrogen) atoms. The van der Waals surface area contributed by atoms with Crippen molar-refractivity contribution in [2.45, 2.75) is 24.3 Å². The molecular weight excluding hydrogens is 322 g/mol. The Balaban J connectivity index is 1.44. The molecular formula is C19H21NO3S. The van der Waals surface area contributed by atoms with Gasteiger partial charge in [-0.05, 0) is 36.1 Å². The lowest BCUT2D eigenvalue weighted by atomic mass is 10.1. The van der Waals surface area contributed by atoms with E-state index in [1.165, 1.54) is 5.56 Å². The number of nitrogens with one attached hydrogen (secondary N) is 1. The molecule has 0 aromatic heterocycles. The monoisotopic (exact) mass is 343 g/mol. The van der Waals surface area contributed by atoms with Crippen molar-refractivity contribution in [2.24, 2.45) is 0 Å². The molecule has 2 atom stereocenters. The molecule has 1 heterocycles. The zero-order valence-corrected chi connectivity index (χ0v) is 14.2. The first-order chi connectivity index (χ1) is 11.7. The molecule has 4 nitrogen and oxygen atoms in total. The Morgan fingerprint density at radius 2 is 1.92 bits per heavy atom. The molecule has 1 aliphatic rings. The van der Waals surface area contributed by atoms with Crippen molar-refractivity contribution in [1.82, 2.24) is 5.32 Å². The van der Waals surface area contributed by atoms with Gasteiger partial charge in [-0.15, -0.1) is 11.8 Å². The maximum Gasteiger partial charge on any atom is 0.321 e. The van der Waals surface area contributed by atoms with Crippen molar-refractivity contribution in [3.63, 3.8) is 0 Å². The van der Waals surface area contributed by atoms with Gasteiger partial charge in [0.15, 0.2) is 0 Å². The molecule has 0 bridgehead atoms. The van der Waals surface area contributed by atoms with E-state index in [9.17, 15) is 4.79 Å². The number of aryl methyl sites for hydroxylation is 1. The van der Waals surface area contributed by atoms with Crippen LogP contribution >= 0.6 is 11.8 Å². The average Bonchev–Trinajstić information content (AvgIpc) is 3.11. The van der Waals surface area contributed by atoms with Crippen LogP contribution in [0.4, 0.5) is 0 Å². The Kier molecular flexibility index (Phi) is 5.77. The lowest BCUT2D eigenvalue weighted by molar-refractivity contribution is -0.138. The Hall–Kier alpha value is -1.98. The fraction of sp³-hybridized carbons (Fsp3) is 0.316. The lowest BCUT2D eigenvalue weighted by Crippen LogP contribution is -2.33. The standard InChI is InChI=1S/C19H21NO3S/c21-19(22)17-13-24-18(20-17)15-8-10-16(11-9-15)23-12-4-7-14-5-2-1-3-6-14/h1-3,5-6,8-11,17-18,20H,4,7,12-13H2,(H,21,22). The number of benzene rings is 2. The minimum absolute atomic E-state index is 0.0400. The van der Waals surface area contributed by atoms with Gasteiger partial charge < -0.3 is 9.84 Å². The summed E-state index contributed by atoms with van der Waals surface area (Å²) in [6.07, 6.45) is 1.99. The molecule has 1 fully saturated rings. The summed E-state index contributed by atoms with van der Waals surface area (Å²) in [5.41, 5.74) is 2.41. The molecule has 3 rings (SSSR count). The molecule has 0 amide bonds. The van der Waals surface area contributed by atoms with Crippen LogP contribution in [0.2, 0.25) is 0 Å². The lowest BCUT2D eigenvalue weighted by Gasteiger charge is -2.12. The summed E-state index contributed by atoms with van der Waals surface area (Å²) in [5.74, 6) is 0.658. The zero-order chi connectivity index (χ0) is 16.8. The van der Waals surface area contributed by atoms with E-state index in [-0.39, 0.29) is 5.37 Å². The maximum atomic E-state index is 11.0. The highest BCUT2D eigenvalue weighted by Gasteiger charge is 2.30. The number of hydrogen-bond acceptors (Lipinski definition) is 4. The zero-order valence-electron chi connectivity index (χ0n) is 13.4. The second kappa shape index (κ2) is 8.22. The average molecular weight is 343 g/mol. The number of aliphatic carboxylic acids is 1. The normalized spacial score (nSPS) is 20.0. The number of carboxylic acids is 1. The van der Waals surface area contributed by atoms with Crippen LogP contribution in [0.15, 0.2) is 54.6 Å². The first kappa shape index (κ1) is 16.9. The third-order valence-corrected chi connectivity index (χ3v) is 5.25. The van der Waals surface area contributed by atoms with Gasteiger partial charge in [-0.3, -0.25) is 10.1 Å². The van der Waals surface area contributed by atoms with E-state index in [0.717, 1.165) is 24.2 Å². The minimum Gasteiger partial charge on any atom is -0.494 e. The summed E-state index contributed by atoms with van der Waals surface area (Å²) >= 11 is 1.62. The van der Waals surface area contributed by atoms with Crippen molar-refractivity contribution in [1.29, 1.82) is 0 Å². The number of thioether (sulfide) groups is 1. The van der Waals surface area contributed by atoms with Gasteiger partial charge in [-0.25, -0.2) is 0 Å². The summed E-state index contributed by atoms with van der Waals surface area (Å²) in [6, 6.07) is 17.8. The maximum absolute atomic E-state index is 11.0. The van der Waals surface area contributed by atoms with E-state index in [1.54, 1.807) is 11.8 Å². The third-order valence-electron chi connectivity index (χ3n) is 3.98. The van der Waals surface area contributed by atoms with Crippen LogP contribution < -0.4 is 10.1 Å². The second-order valence-electron chi connectivity index (χ2n) is 5.78. The van der Waals surface area contributed by atoms with Crippen LogP contribution in [-0.2, 0) is 11.2 Å². The van der Waals surface area contributed by atoms with Crippen LogP contribution in [0.5, 0.6) is 5.75 Å². The van der Waals surface area contributed by atoms with Gasteiger partial charge in [0, 0.05) is 5.75 Å². The number of hydrogen-bond donors (Lipinski definition) is 2. The van der Waals surface area contributed by atoms with Crippen molar-refractivity contribution in [2.75, 3.05) is 12.4 Å². The fourth-order valence-electron chi connectivity index (χ4n) is 2.66. The summed E-state index contributed by atoms with van der Waals surface area (Å²) in [6.45, 7) is 0.686. The van der Waals surface area contributed by atoms with Gasteiger partial charge in [0.25, 0.3) is 0 Å². The van der Waals surface area contributed by atoms with E-state index in [0.29, 0.717) is 12.4 Å². The van der Waals surface area contributed by atoms with Crippen LogP contribution in [0.1, 0.15) is 22.9 Å². The van der Waals surface area contributed by atoms with E-state index in [1.807, 2.05) is 30.3 Å². The summed E-state index contributed by atoms with van der Waals surface area (Å²) in [5, 5.41) is 12.2. The van der Waals surface area contributed by atoms with Crippen molar-refractivity contribution in [3.05, 3.63) is 65.7 Å². The van der Waals surface area contributed by atoms with Crippen LogP contribution in [0.25, 0.3) is 0 Å². The summed E-state index contributed by atoms with van der Waals surface area (Å²) < 4.78 is 5.78. The fourth-order valence-corrected chi connectivity index (χ4v) is 3.89. The van der Waals surface area contributed by atoms with E-state index >= 15 is 0 Å². The molecule has 1 saturated heterocycles. The third kappa shape index (κ3) is 4.52. The predicted molar refractivity (Wildman–Crippen MR) is 96.5 cm³/mol. The quantitative estimate of drug-likeness (QED) is 0.754. The predicted octanol–water partition coefficient (Wildman–Crippen LogP) is 3.49. The summed E-state index contributed by atoms with van der Waals surface area (Å²) in [4.78, 5) is 11.0. The first-order valence-electron chi connectivity index (χ1n) is 8.09. The molecule has 0 aliphatic carbocycles. The largest absolute Gasteiger partial charge is 0.494 e. The highest BCUT2D eigenvalue weighted by atomic mass is 32.2. The summed E-state index contributed by atoms with van der Waals surface area (Å²) in [7, 11) is 0. The van der Waals surface area contributed by atoms with Gasteiger partial charge >= 0.3 is 5.97 Å². The highest BCUT2D eigenvalue weighted by Crippen LogP contribution is 2.33. The number of rotatable bonds is 7. The van der Waals surface area contributed by atoms with Crippen molar-refractivity contribution >= 4 is 17.7 Å². The molecule has 2 unspecified atom stereocenters. The molecule has 0 radical (unpaired) electrons. The van der Waals surface area contributed by atoms with Gasteiger partial charge in [-0.1, -0.05) is 42.5 Å². The number of carboxylic acid groups (broad SMARTS) is 1. The van der Waals surface area contributed by atoms with Crippen LogP contribution in [-0.4, -0.2) is 29.5 Å². The van der Waals surface area contributed by atoms with Gasteiger partial charge in [0.2, 0.25) is 0 Å². The van der Waals surface area contributed by atoms with E-state index in [2.05, 4.69) is 29.6 Å². The molecule has 2 N–H and O–H groups in total. The Labute approximate surface area is 146 Å². The Morgan fingerprint density at radius 3 is 2.58 bits per heavy atom. The first-order valence-corrected chi connectivity index (χ1v) is 9.14. The number of carbonyl (C=O) groups is 1. The Morgan fingerprint density at radius 1 is 1.17 bits per heavy atom. The topological polar surface area (TPSA) is 58.6 Å². The number of ether oxygens (including phenoxy) is 1. The highest BCUT2D eigenvalue weighted by molar-refractivity contribution is 7.99. The molecule has 5 heteroatoms. The van der Waals surface area contributed by atoms with Crippen molar-refractivity contribution < 1.29 is 14.6 Å². The van der Waals surface area contributed by atoms with Crippen LogP contribution in [0, 0.1) is 0 Å². The smallest absolute Gasteiger partial charge is 0.321 e. The second-order valence-corrected chi connectivity index (χ2v) is 6.92. The SMILES string of the molecule is O=C(O)C1CSC(c2ccc(OCCCc3ccccc3)cc2)N1. The molecule has 2 aromatic carbocycles. The van der Waals surface area contributed by atoms with E-state index in [4.69, 9.17) is 9.84 Å². The minimum atomic E-state index is -0.789. The molecule has 0 spiro atoms. The van der Waals surface area contributed by atoms with E-state index < -0.39 is 12.0 Å².